The summed E-state index contributed by atoms with van der Waals surface area (Å²) in [5, 5.41) is 5.57. The second-order valence-corrected chi connectivity index (χ2v) is 15.8. The fourth-order valence-electron chi connectivity index (χ4n) is 4.65. The molecule has 2 aromatic carbocycles. The van der Waals surface area contributed by atoms with Crippen LogP contribution in [0, 0.1) is 0 Å². The van der Waals surface area contributed by atoms with Crippen LogP contribution >= 0.6 is 15.9 Å². The predicted molar refractivity (Wildman–Crippen MR) is 210 cm³/mol. The van der Waals surface area contributed by atoms with Gasteiger partial charge in [0.2, 0.25) is 0 Å². The van der Waals surface area contributed by atoms with Gasteiger partial charge in [-0.05, 0) is 126 Å². The van der Waals surface area contributed by atoms with E-state index < -0.39 is 41.7 Å². The zero-order chi connectivity index (χ0) is 38.6. The molecule has 4 aromatic rings. The Morgan fingerprint density at radius 1 is 0.673 bits per heavy atom. The Kier molecular flexibility index (Phi) is 15.0. The van der Waals surface area contributed by atoms with Crippen molar-refractivity contribution in [3.63, 3.8) is 0 Å². The number of hydrogen-bond donors (Lipinski definition) is 2. The van der Waals surface area contributed by atoms with Crippen LogP contribution in [0.3, 0.4) is 0 Å². The summed E-state index contributed by atoms with van der Waals surface area (Å²) < 4.78 is 23.6. The summed E-state index contributed by atoms with van der Waals surface area (Å²) in [4.78, 5) is 31.9. The highest BCUT2D eigenvalue weighted by Gasteiger charge is 2.52. The maximum Gasteiger partial charge on any atom is 0.495 e. The topological polar surface area (TPSA) is 121 Å². The number of amides is 2. The van der Waals surface area contributed by atoms with Crippen LogP contribution in [0.4, 0.5) is 9.59 Å². The van der Waals surface area contributed by atoms with Crippen LogP contribution in [-0.2, 0) is 31.9 Å². The van der Waals surface area contributed by atoms with Crippen molar-refractivity contribution < 1.29 is 28.4 Å². The lowest BCUT2D eigenvalue weighted by Gasteiger charge is -2.32. The van der Waals surface area contributed by atoms with Gasteiger partial charge in [0, 0.05) is 31.0 Å². The minimum absolute atomic E-state index is 0.356. The summed E-state index contributed by atoms with van der Waals surface area (Å²) in [6.45, 7) is 19.9. The highest BCUT2D eigenvalue weighted by Crippen LogP contribution is 2.36. The van der Waals surface area contributed by atoms with Gasteiger partial charge in [0.1, 0.15) is 15.8 Å². The Bertz CT molecular complexity index is 1710. The first-order chi connectivity index (χ1) is 24.3. The highest BCUT2D eigenvalue weighted by atomic mass is 79.9. The Hall–Kier alpha value is -4.26. The first-order valence-corrected chi connectivity index (χ1v) is 18.0. The molecule has 2 N–H and O–H groups in total. The Morgan fingerprint density at radius 2 is 1.13 bits per heavy atom. The summed E-state index contributed by atoms with van der Waals surface area (Å²) in [7, 11) is -0.452. The van der Waals surface area contributed by atoms with Gasteiger partial charge < -0.3 is 29.4 Å². The van der Waals surface area contributed by atoms with E-state index in [0.717, 1.165) is 32.5 Å². The average Bonchev–Trinajstić information content (AvgIpc) is 3.28. The van der Waals surface area contributed by atoms with E-state index in [0.29, 0.717) is 13.1 Å². The molecule has 0 aliphatic carbocycles. The maximum absolute atomic E-state index is 11.9. The van der Waals surface area contributed by atoms with Crippen LogP contribution in [0.25, 0.3) is 11.3 Å². The lowest BCUT2D eigenvalue weighted by molar-refractivity contribution is 0.00578. The van der Waals surface area contributed by atoms with Crippen molar-refractivity contribution in [2.45, 2.75) is 105 Å². The number of nitrogens with zero attached hydrogens (tertiary/aromatic N) is 2. The van der Waals surface area contributed by atoms with Gasteiger partial charge in [-0.15, -0.1) is 0 Å². The second kappa shape index (κ2) is 18.5. The van der Waals surface area contributed by atoms with Crippen LogP contribution in [0.5, 0.6) is 0 Å². The molecule has 0 atom stereocenters. The monoisotopic (exact) mass is 774 g/mol. The number of benzene rings is 2. The molecule has 0 radical (unpaired) electrons. The molecule has 2 aromatic heterocycles. The minimum Gasteiger partial charge on any atom is -0.444 e. The van der Waals surface area contributed by atoms with Gasteiger partial charge in [-0.1, -0.05) is 60.7 Å². The van der Waals surface area contributed by atoms with Gasteiger partial charge in [0.05, 0.1) is 16.9 Å². The standard InChI is InChI=1S/C18H28BNO4.C17H20N2O2.C5H4BrN/c1-16(2,3)22-15(21)20-12-13-10-8-9-11-14(13)19-23-17(4,5)18(6,7)24-19;1-17(2,3)21-16(20)19-12-13-8-4-5-9-14(13)15-10-6-7-11-18-15;6-5-3-1-2-4-7-5/h8-11H,12H2,1-7H3,(H,20,21);4-11H,12H2,1-3H3,(H,19,20);1-4H. The normalized spacial score (nSPS) is 14.5. The number of rotatable bonds is 6. The van der Waals surface area contributed by atoms with E-state index in [9.17, 15) is 9.59 Å². The van der Waals surface area contributed by atoms with E-state index in [1.807, 2.05) is 154 Å². The number of ether oxygens (including phenoxy) is 2. The van der Waals surface area contributed by atoms with Crippen molar-refractivity contribution in [2.24, 2.45) is 0 Å². The third kappa shape index (κ3) is 14.0. The number of carbonyl (C=O) groups excluding carboxylic acids is 2. The summed E-state index contributed by atoms with van der Waals surface area (Å²) in [6, 6.07) is 27.1. The number of nitrogens with one attached hydrogen (secondary N) is 2. The van der Waals surface area contributed by atoms with Crippen LogP contribution < -0.4 is 16.1 Å². The van der Waals surface area contributed by atoms with Gasteiger partial charge in [-0.2, -0.15) is 0 Å². The number of hydrogen-bond acceptors (Lipinski definition) is 8. The molecular weight excluding hydrogens is 723 g/mol. The molecule has 52 heavy (non-hydrogen) atoms. The number of aromatic nitrogens is 2. The molecule has 1 saturated heterocycles. The molecule has 0 bridgehead atoms. The van der Waals surface area contributed by atoms with Crippen molar-refractivity contribution in [3.8, 4) is 11.3 Å². The molecule has 1 aliphatic heterocycles. The second-order valence-electron chi connectivity index (χ2n) is 15.0. The molecule has 0 unspecified atom stereocenters. The lowest BCUT2D eigenvalue weighted by atomic mass is 9.76. The van der Waals surface area contributed by atoms with Gasteiger partial charge in [0.15, 0.2) is 0 Å². The van der Waals surface area contributed by atoms with E-state index in [1.165, 1.54) is 0 Å². The van der Waals surface area contributed by atoms with Crippen molar-refractivity contribution in [2.75, 3.05) is 0 Å². The zero-order valence-electron chi connectivity index (χ0n) is 32.0. The van der Waals surface area contributed by atoms with E-state index >= 15 is 0 Å². The number of carbonyl (C=O) groups is 2. The van der Waals surface area contributed by atoms with E-state index in [1.54, 1.807) is 12.4 Å². The quantitative estimate of drug-likeness (QED) is 0.148. The molecule has 3 heterocycles. The molecule has 2 amide bonds. The average molecular weight is 776 g/mol. The molecule has 12 heteroatoms. The molecule has 0 saturated carbocycles. The van der Waals surface area contributed by atoms with E-state index in [2.05, 4.69) is 36.5 Å². The molecule has 0 spiro atoms. The Balaban J connectivity index is 0.000000237. The van der Waals surface area contributed by atoms with E-state index in [-0.39, 0.29) is 0 Å². The van der Waals surface area contributed by atoms with Gasteiger partial charge in [-0.3, -0.25) is 4.98 Å². The molecular formula is C40H52BBrN4O6. The summed E-state index contributed by atoms with van der Waals surface area (Å²) in [5.74, 6) is 0. The van der Waals surface area contributed by atoms with Crippen molar-refractivity contribution in [1.82, 2.24) is 20.6 Å². The van der Waals surface area contributed by atoms with Crippen LogP contribution in [-0.4, -0.2) is 51.7 Å². The highest BCUT2D eigenvalue weighted by molar-refractivity contribution is 9.10. The number of halogens is 1. The fourth-order valence-corrected chi connectivity index (χ4v) is 4.92. The SMILES string of the molecule is Brc1ccccn1.CC(C)(C)OC(=O)NCc1ccccc1-c1ccccn1.CC(C)(C)OC(=O)NCc1ccccc1B1OC(C)(C)C(C)(C)O1. The van der Waals surface area contributed by atoms with Crippen molar-refractivity contribution in [3.05, 3.63) is 113 Å². The van der Waals surface area contributed by atoms with Gasteiger partial charge in [0.25, 0.3) is 0 Å². The van der Waals surface area contributed by atoms with Gasteiger partial charge in [-0.25, -0.2) is 14.6 Å². The molecule has 10 nitrogen and oxygen atoms in total. The van der Waals surface area contributed by atoms with Crippen LogP contribution in [0.2, 0.25) is 0 Å². The molecule has 5 rings (SSSR count). The van der Waals surface area contributed by atoms with Crippen molar-refractivity contribution in [1.29, 1.82) is 0 Å². The third-order valence-electron chi connectivity index (χ3n) is 7.79. The molecule has 1 fully saturated rings. The van der Waals surface area contributed by atoms with Crippen LogP contribution in [0.15, 0.2) is 102 Å². The Morgan fingerprint density at radius 3 is 1.60 bits per heavy atom. The van der Waals surface area contributed by atoms with Crippen LogP contribution in [0.1, 0.15) is 80.4 Å². The summed E-state index contributed by atoms with van der Waals surface area (Å²) in [5.41, 5.74) is 2.96. The lowest BCUT2D eigenvalue weighted by Crippen LogP contribution is -2.41. The smallest absolute Gasteiger partial charge is 0.444 e. The summed E-state index contributed by atoms with van der Waals surface area (Å²) >= 11 is 3.20. The number of pyridine rings is 2. The third-order valence-corrected chi connectivity index (χ3v) is 8.26. The van der Waals surface area contributed by atoms with E-state index in [4.69, 9.17) is 18.8 Å². The fraction of sp³-hybridized carbons (Fsp3) is 0.400. The largest absolute Gasteiger partial charge is 0.495 e. The molecule has 278 valence electrons. The molecule has 1 aliphatic rings. The van der Waals surface area contributed by atoms with Crippen molar-refractivity contribution >= 4 is 40.7 Å². The van der Waals surface area contributed by atoms with Gasteiger partial charge >= 0.3 is 19.3 Å². The Labute approximate surface area is 317 Å². The first-order valence-electron chi connectivity index (χ1n) is 17.2. The predicted octanol–water partition coefficient (Wildman–Crippen LogP) is 8.63. The number of alkyl carbamates (subject to hydrolysis) is 2. The maximum atomic E-state index is 11.9. The zero-order valence-corrected chi connectivity index (χ0v) is 33.5. The summed E-state index contributed by atoms with van der Waals surface area (Å²) in [6.07, 6.45) is 2.64. The first kappa shape index (κ1) is 42.2. The minimum atomic E-state index is -0.519.